The number of carbonyl (C=O) groups is 4. The molecule has 0 rings (SSSR count). The molecule has 0 saturated heterocycles. The molecule has 0 radical (unpaired) electrons. The van der Waals surface area contributed by atoms with Gasteiger partial charge in [0.1, 0.15) is 19.3 Å². The Hall–Kier alpha value is -2.46. The summed E-state index contributed by atoms with van der Waals surface area (Å²) in [4.78, 5) is 72.8. The second-order valence-corrected chi connectivity index (χ2v) is 31.3. The molecule has 0 aliphatic carbocycles. The van der Waals surface area contributed by atoms with Gasteiger partial charge in [-0.05, 0) is 69.1 Å². The van der Waals surface area contributed by atoms with E-state index in [1.807, 2.05) is 0 Å². The molecular weight excluding hydrogens is 1270 g/mol. The van der Waals surface area contributed by atoms with Crippen molar-refractivity contribution in [3.8, 4) is 0 Å². The number of phosphoric ester groups is 2. The molecule has 0 bridgehead atoms. The first kappa shape index (κ1) is 94.5. The summed E-state index contributed by atoms with van der Waals surface area (Å²) in [6, 6.07) is 0. The van der Waals surface area contributed by atoms with Crippen LogP contribution in [0.4, 0.5) is 0 Å². The minimum Gasteiger partial charge on any atom is -0.462 e. The SMILES string of the molecule is CCCCCC/C=C\C=C/CCCCCCCC(=O)O[C@H](COC(=O)CCCCCCCCCC(C)C)COP(=O)(O)OC[C@@H](O)COP(=O)(O)OC[C@@H](COC(=O)CCCCCCCCC(C)CC)OC(=O)CCCCCCCCCCCCCCCCCCCCC(C)CC. The highest BCUT2D eigenvalue weighted by Crippen LogP contribution is 2.45. The molecule has 7 atom stereocenters. The molecule has 0 spiro atoms. The third kappa shape index (κ3) is 69.1. The molecule has 0 aromatic carbocycles. The molecule has 0 aromatic rings. The third-order valence-electron chi connectivity index (χ3n) is 18.2. The Morgan fingerprint density at radius 3 is 0.918 bits per heavy atom. The van der Waals surface area contributed by atoms with Crippen molar-refractivity contribution in [2.45, 2.75) is 394 Å². The first-order valence-corrected chi connectivity index (χ1v) is 42.7. The maximum Gasteiger partial charge on any atom is 0.472 e. The van der Waals surface area contributed by atoms with Crippen molar-refractivity contribution in [3.63, 3.8) is 0 Å². The number of phosphoric acid groups is 2. The maximum absolute atomic E-state index is 13.1. The van der Waals surface area contributed by atoms with E-state index < -0.39 is 97.5 Å². The summed E-state index contributed by atoms with van der Waals surface area (Å²) in [5.41, 5.74) is 0. The van der Waals surface area contributed by atoms with E-state index in [9.17, 15) is 43.2 Å². The molecule has 0 aliphatic heterocycles. The van der Waals surface area contributed by atoms with E-state index in [4.69, 9.17) is 37.0 Å². The quantitative estimate of drug-likeness (QED) is 0.0169. The lowest BCUT2D eigenvalue weighted by atomic mass is 9.99. The zero-order valence-corrected chi connectivity index (χ0v) is 64.8. The number of ether oxygens (including phenoxy) is 4. The van der Waals surface area contributed by atoms with E-state index in [1.165, 1.54) is 161 Å². The van der Waals surface area contributed by atoms with Crippen molar-refractivity contribution in [3.05, 3.63) is 24.3 Å². The van der Waals surface area contributed by atoms with E-state index in [-0.39, 0.29) is 25.7 Å². The van der Waals surface area contributed by atoms with E-state index in [0.29, 0.717) is 31.6 Å². The first-order chi connectivity index (χ1) is 46.8. The van der Waals surface area contributed by atoms with Gasteiger partial charge in [-0.1, -0.05) is 323 Å². The maximum atomic E-state index is 13.1. The number of esters is 4. The van der Waals surface area contributed by atoms with Gasteiger partial charge in [-0.25, -0.2) is 9.13 Å². The van der Waals surface area contributed by atoms with Crippen LogP contribution in [0.1, 0.15) is 376 Å². The number of rotatable bonds is 74. The molecule has 0 aliphatic rings. The van der Waals surface area contributed by atoms with E-state index in [2.05, 4.69) is 72.8 Å². The first-order valence-electron chi connectivity index (χ1n) is 39.7. The molecule has 97 heavy (non-hydrogen) atoms. The normalized spacial score (nSPS) is 14.8. The zero-order valence-electron chi connectivity index (χ0n) is 63.0. The van der Waals surface area contributed by atoms with E-state index >= 15 is 0 Å². The molecule has 572 valence electrons. The summed E-state index contributed by atoms with van der Waals surface area (Å²) in [6.45, 7) is 11.8. The van der Waals surface area contributed by atoms with Crippen LogP contribution in [0.25, 0.3) is 0 Å². The van der Waals surface area contributed by atoms with Crippen molar-refractivity contribution < 1.29 is 80.2 Å². The number of carbonyl (C=O) groups excluding carboxylic acids is 4. The predicted octanol–water partition coefficient (Wildman–Crippen LogP) is 22.5. The molecular formula is C78H148O17P2. The molecule has 3 N–H and O–H groups in total. The number of aliphatic hydroxyl groups excluding tert-OH is 1. The van der Waals surface area contributed by atoms with Gasteiger partial charge in [-0.3, -0.25) is 37.3 Å². The Bertz CT molecular complexity index is 1990. The van der Waals surface area contributed by atoms with Crippen LogP contribution in [-0.2, 0) is 65.4 Å². The predicted molar refractivity (Wildman–Crippen MR) is 395 cm³/mol. The van der Waals surface area contributed by atoms with Gasteiger partial charge >= 0.3 is 39.5 Å². The largest absolute Gasteiger partial charge is 0.472 e. The summed E-state index contributed by atoms with van der Waals surface area (Å²) in [6.07, 6.45) is 57.9. The Labute approximate surface area is 592 Å². The fourth-order valence-corrected chi connectivity index (χ4v) is 12.9. The summed E-state index contributed by atoms with van der Waals surface area (Å²) in [5, 5.41) is 10.6. The second-order valence-electron chi connectivity index (χ2n) is 28.4. The van der Waals surface area contributed by atoms with Crippen LogP contribution < -0.4 is 0 Å². The van der Waals surface area contributed by atoms with Crippen LogP contribution in [0.15, 0.2) is 24.3 Å². The number of hydrogen-bond donors (Lipinski definition) is 3. The van der Waals surface area contributed by atoms with Crippen LogP contribution in [-0.4, -0.2) is 96.7 Å². The Morgan fingerprint density at radius 1 is 0.340 bits per heavy atom. The van der Waals surface area contributed by atoms with Gasteiger partial charge in [0.2, 0.25) is 0 Å². The molecule has 0 saturated carbocycles. The van der Waals surface area contributed by atoms with Crippen LogP contribution >= 0.6 is 15.6 Å². The van der Waals surface area contributed by atoms with Crippen molar-refractivity contribution >= 4 is 39.5 Å². The Morgan fingerprint density at radius 2 is 0.608 bits per heavy atom. The monoisotopic (exact) mass is 1420 g/mol. The van der Waals surface area contributed by atoms with Gasteiger partial charge in [0.15, 0.2) is 12.2 Å². The molecule has 0 heterocycles. The Balaban J connectivity index is 5.20. The summed E-state index contributed by atoms with van der Waals surface area (Å²) in [7, 11) is -9.93. The van der Waals surface area contributed by atoms with Crippen molar-refractivity contribution in [2.75, 3.05) is 39.6 Å². The summed E-state index contributed by atoms with van der Waals surface area (Å²) in [5.74, 6) is 0.151. The number of aliphatic hydroxyl groups is 1. The number of allylic oxidation sites excluding steroid dienone is 4. The minimum absolute atomic E-state index is 0.0839. The highest BCUT2D eigenvalue weighted by molar-refractivity contribution is 7.47. The van der Waals surface area contributed by atoms with Crippen molar-refractivity contribution in [1.82, 2.24) is 0 Å². The lowest BCUT2D eigenvalue weighted by molar-refractivity contribution is -0.161. The minimum atomic E-state index is -4.96. The highest BCUT2D eigenvalue weighted by Gasteiger charge is 2.30. The van der Waals surface area contributed by atoms with Gasteiger partial charge in [-0.2, -0.15) is 0 Å². The lowest BCUT2D eigenvalue weighted by Crippen LogP contribution is -2.30. The average Bonchev–Trinajstić information content (AvgIpc) is 0.989. The van der Waals surface area contributed by atoms with Gasteiger partial charge in [-0.15, -0.1) is 0 Å². The molecule has 0 fully saturated rings. The van der Waals surface area contributed by atoms with Crippen LogP contribution in [0.3, 0.4) is 0 Å². The molecule has 17 nitrogen and oxygen atoms in total. The lowest BCUT2D eigenvalue weighted by Gasteiger charge is -2.21. The van der Waals surface area contributed by atoms with Gasteiger partial charge in [0.05, 0.1) is 26.4 Å². The number of unbranched alkanes of at least 4 members (excludes halogenated alkanes) is 37. The Kier molecular flexibility index (Phi) is 66.3. The molecule has 0 aromatic heterocycles. The number of hydrogen-bond acceptors (Lipinski definition) is 15. The van der Waals surface area contributed by atoms with Crippen LogP contribution in [0.5, 0.6) is 0 Å². The summed E-state index contributed by atoms with van der Waals surface area (Å²) >= 11 is 0. The van der Waals surface area contributed by atoms with Crippen molar-refractivity contribution in [1.29, 1.82) is 0 Å². The van der Waals surface area contributed by atoms with Gasteiger partial charge in [0.25, 0.3) is 0 Å². The fraction of sp³-hybridized carbons (Fsp3) is 0.897. The topological polar surface area (TPSA) is 237 Å². The molecule has 0 amide bonds. The second kappa shape index (κ2) is 68.0. The smallest absolute Gasteiger partial charge is 0.462 e. The van der Waals surface area contributed by atoms with E-state index in [0.717, 1.165) is 127 Å². The zero-order chi connectivity index (χ0) is 71.6. The molecule has 19 heteroatoms. The van der Waals surface area contributed by atoms with Crippen LogP contribution in [0, 0.1) is 17.8 Å². The van der Waals surface area contributed by atoms with Crippen LogP contribution in [0.2, 0.25) is 0 Å². The van der Waals surface area contributed by atoms with Gasteiger partial charge < -0.3 is 33.8 Å². The fourth-order valence-electron chi connectivity index (χ4n) is 11.4. The summed E-state index contributed by atoms with van der Waals surface area (Å²) < 4.78 is 68.5. The average molecular weight is 1420 g/mol. The standard InChI is InChI=1S/C78H148O17P2/c1-8-11-12-13-14-15-16-17-22-26-29-32-37-47-54-61-77(82)94-73(65-88-75(80)59-52-45-39-34-35-42-49-56-69(4)5)67-92-96(84,85)90-63-72(79)64-91-97(86,87)93-68-74(66-89-76(81)60-53-46-41-40-44-51-58-71(7)10-3)95-78(83)62-55-48-38-33-30-27-24-21-19-18-20-23-25-28-31-36-43-50-57-70(6)9-2/h15-17,22,69-74,79H,8-14,18-21,23-68H2,1-7H3,(H,84,85)(H,86,87)/b16-15-,22-17-/t70?,71?,72-,73-,74-/m1/s1. The van der Waals surface area contributed by atoms with E-state index in [1.54, 1.807) is 0 Å². The third-order valence-corrected chi connectivity index (χ3v) is 20.1. The van der Waals surface area contributed by atoms with Gasteiger partial charge in [0, 0.05) is 25.7 Å². The molecule has 4 unspecified atom stereocenters. The highest BCUT2D eigenvalue weighted by atomic mass is 31.2. The van der Waals surface area contributed by atoms with Crippen molar-refractivity contribution in [2.24, 2.45) is 17.8 Å².